The number of piperidine rings is 1. The largest absolute Gasteiger partial charge is 0.491 e. The summed E-state index contributed by atoms with van der Waals surface area (Å²) in [5, 5.41) is 0. The molecule has 1 aromatic heterocycles. The lowest BCUT2D eigenvalue weighted by atomic mass is 10.00. The Bertz CT molecular complexity index is 574. The van der Waals surface area contributed by atoms with Gasteiger partial charge in [-0.2, -0.15) is 0 Å². The lowest BCUT2D eigenvalue weighted by molar-refractivity contribution is 0.396. The Morgan fingerprint density at radius 3 is 2.85 bits per heavy atom. The van der Waals surface area contributed by atoms with E-state index in [2.05, 4.69) is 14.9 Å². The summed E-state index contributed by atoms with van der Waals surface area (Å²) in [5.41, 5.74) is 0.794. The van der Waals surface area contributed by atoms with E-state index in [4.69, 9.17) is 4.74 Å². The summed E-state index contributed by atoms with van der Waals surface area (Å²) in [7, 11) is -1.34. The molecule has 112 valence electrons. The van der Waals surface area contributed by atoms with Crippen molar-refractivity contribution in [2.24, 2.45) is 5.92 Å². The molecule has 7 heteroatoms. The van der Waals surface area contributed by atoms with Crippen molar-refractivity contribution in [3.63, 3.8) is 0 Å². The molecule has 6 nitrogen and oxygen atoms in total. The minimum Gasteiger partial charge on any atom is -0.491 e. The van der Waals surface area contributed by atoms with Crippen molar-refractivity contribution >= 4 is 15.7 Å². The molecular weight excluding hydrogens is 278 g/mol. The standard InChI is InChI=1S/C13H21N3O3S/c1-10-12(19-2)13(15-9-14-10)16-6-4-5-11(7-16)8-20(3,17)18/h9,11H,4-8H2,1-3H3. The number of nitrogens with zero attached hydrogens (tertiary/aromatic N) is 3. The third kappa shape index (κ3) is 3.59. The maximum Gasteiger partial charge on any atom is 0.182 e. The number of hydrogen-bond acceptors (Lipinski definition) is 6. The molecule has 1 saturated heterocycles. The van der Waals surface area contributed by atoms with Gasteiger partial charge in [0, 0.05) is 19.3 Å². The number of ether oxygens (including phenoxy) is 1. The SMILES string of the molecule is COc1c(C)ncnc1N1CCCC(CS(C)(=O)=O)C1. The third-order valence-electron chi connectivity index (χ3n) is 3.52. The normalized spacial score (nSPS) is 19.9. The maximum absolute atomic E-state index is 11.5. The summed E-state index contributed by atoms with van der Waals surface area (Å²) in [6.45, 7) is 3.44. The van der Waals surface area contributed by atoms with E-state index in [1.807, 2.05) is 6.92 Å². The van der Waals surface area contributed by atoms with Crippen LogP contribution in [0.5, 0.6) is 5.75 Å². The average Bonchev–Trinajstić information content (AvgIpc) is 2.36. The van der Waals surface area contributed by atoms with Gasteiger partial charge in [-0.1, -0.05) is 0 Å². The number of aromatic nitrogens is 2. The van der Waals surface area contributed by atoms with Gasteiger partial charge in [-0.3, -0.25) is 0 Å². The molecule has 0 amide bonds. The highest BCUT2D eigenvalue weighted by atomic mass is 32.2. The summed E-state index contributed by atoms with van der Waals surface area (Å²) in [6.07, 6.45) is 4.72. The van der Waals surface area contributed by atoms with Crippen LogP contribution in [0.3, 0.4) is 0 Å². The number of sulfone groups is 1. The van der Waals surface area contributed by atoms with Crippen LogP contribution in [-0.4, -0.2) is 50.6 Å². The van der Waals surface area contributed by atoms with E-state index in [1.165, 1.54) is 12.6 Å². The fraction of sp³-hybridized carbons (Fsp3) is 0.692. The lowest BCUT2D eigenvalue weighted by Crippen LogP contribution is -2.38. The third-order valence-corrected chi connectivity index (χ3v) is 4.60. The molecule has 1 atom stereocenters. The number of aryl methyl sites for hydroxylation is 1. The van der Waals surface area contributed by atoms with Crippen molar-refractivity contribution in [2.45, 2.75) is 19.8 Å². The first kappa shape index (κ1) is 15.0. The molecule has 0 saturated carbocycles. The van der Waals surface area contributed by atoms with Crippen LogP contribution in [-0.2, 0) is 9.84 Å². The highest BCUT2D eigenvalue weighted by molar-refractivity contribution is 7.90. The van der Waals surface area contributed by atoms with Crippen LogP contribution in [0.4, 0.5) is 5.82 Å². The van der Waals surface area contributed by atoms with Gasteiger partial charge in [0.05, 0.1) is 18.6 Å². The van der Waals surface area contributed by atoms with Crippen molar-refractivity contribution < 1.29 is 13.2 Å². The predicted octanol–water partition coefficient (Wildman–Crippen LogP) is 1.05. The predicted molar refractivity (Wildman–Crippen MR) is 78.0 cm³/mol. The van der Waals surface area contributed by atoms with Gasteiger partial charge in [-0.05, 0) is 25.7 Å². The van der Waals surface area contributed by atoms with E-state index in [0.29, 0.717) is 12.3 Å². The van der Waals surface area contributed by atoms with E-state index < -0.39 is 9.84 Å². The molecule has 0 N–H and O–H groups in total. The molecule has 1 aliphatic rings. The Labute approximate surface area is 120 Å². The highest BCUT2D eigenvalue weighted by Crippen LogP contribution is 2.31. The van der Waals surface area contributed by atoms with Gasteiger partial charge in [0.15, 0.2) is 11.6 Å². The summed E-state index contributed by atoms with van der Waals surface area (Å²) < 4.78 is 28.3. The molecule has 1 aromatic rings. The molecule has 0 spiro atoms. The van der Waals surface area contributed by atoms with Crippen LogP contribution in [0, 0.1) is 12.8 Å². The summed E-state index contributed by atoms with van der Waals surface area (Å²) in [4.78, 5) is 10.5. The van der Waals surface area contributed by atoms with Crippen LogP contribution in [0.15, 0.2) is 6.33 Å². The highest BCUT2D eigenvalue weighted by Gasteiger charge is 2.26. The van der Waals surface area contributed by atoms with Gasteiger partial charge in [0.2, 0.25) is 0 Å². The quantitative estimate of drug-likeness (QED) is 0.827. The second kappa shape index (κ2) is 5.95. The molecule has 2 rings (SSSR count). The summed E-state index contributed by atoms with van der Waals surface area (Å²) in [6, 6.07) is 0. The fourth-order valence-electron chi connectivity index (χ4n) is 2.74. The van der Waals surface area contributed by atoms with Gasteiger partial charge < -0.3 is 9.64 Å². The van der Waals surface area contributed by atoms with Gasteiger partial charge in [-0.15, -0.1) is 0 Å². The average molecular weight is 299 g/mol. The topological polar surface area (TPSA) is 72.4 Å². The molecule has 0 aliphatic carbocycles. The number of hydrogen-bond donors (Lipinski definition) is 0. The van der Waals surface area contributed by atoms with E-state index >= 15 is 0 Å². The van der Waals surface area contributed by atoms with Gasteiger partial charge in [-0.25, -0.2) is 18.4 Å². The second-order valence-electron chi connectivity index (χ2n) is 5.36. The Morgan fingerprint density at radius 1 is 1.45 bits per heavy atom. The van der Waals surface area contributed by atoms with Crippen molar-refractivity contribution in [3.8, 4) is 5.75 Å². The zero-order valence-electron chi connectivity index (χ0n) is 12.2. The van der Waals surface area contributed by atoms with Gasteiger partial charge in [0.25, 0.3) is 0 Å². The first-order valence-corrected chi connectivity index (χ1v) is 8.75. The molecule has 1 aliphatic heterocycles. The van der Waals surface area contributed by atoms with Crippen LogP contribution in [0.25, 0.3) is 0 Å². The minimum absolute atomic E-state index is 0.152. The van der Waals surface area contributed by atoms with Crippen LogP contribution >= 0.6 is 0 Å². The van der Waals surface area contributed by atoms with E-state index in [1.54, 1.807) is 7.11 Å². The van der Waals surface area contributed by atoms with Gasteiger partial charge >= 0.3 is 0 Å². The molecular formula is C13H21N3O3S. The summed E-state index contributed by atoms with van der Waals surface area (Å²) >= 11 is 0. The minimum atomic E-state index is -2.94. The number of methoxy groups -OCH3 is 1. The van der Waals surface area contributed by atoms with Crippen molar-refractivity contribution in [1.82, 2.24) is 9.97 Å². The van der Waals surface area contributed by atoms with E-state index in [-0.39, 0.29) is 11.7 Å². The lowest BCUT2D eigenvalue weighted by Gasteiger charge is -2.34. The van der Waals surface area contributed by atoms with Crippen molar-refractivity contribution in [3.05, 3.63) is 12.0 Å². The molecule has 20 heavy (non-hydrogen) atoms. The molecule has 0 radical (unpaired) electrons. The summed E-state index contributed by atoms with van der Waals surface area (Å²) in [5.74, 6) is 1.82. The van der Waals surface area contributed by atoms with Gasteiger partial charge in [0.1, 0.15) is 16.2 Å². The Hall–Kier alpha value is -1.37. The van der Waals surface area contributed by atoms with Crippen LogP contribution < -0.4 is 9.64 Å². The molecule has 0 aromatic carbocycles. The maximum atomic E-state index is 11.5. The monoisotopic (exact) mass is 299 g/mol. The first-order valence-electron chi connectivity index (χ1n) is 6.69. The molecule has 0 bridgehead atoms. The first-order chi connectivity index (χ1) is 9.40. The van der Waals surface area contributed by atoms with E-state index in [0.717, 1.165) is 30.9 Å². The van der Waals surface area contributed by atoms with Crippen LogP contribution in [0.1, 0.15) is 18.5 Å². The fourth-order valence-corrected chi connectivity index (χ4v) is 3.86. The Kier molecular flexibility index (Phi) is 4.47. The molecule has 1 unspecified atom stereocenters. The molecule has 1 fully saturated rings. The number of anilines is 1. The Morgan fingerprint density at radius 2 is 2.20 bits per heavy atom. The molecule has 2 heterocycles. The number of rotatable bonds is 4. The zero-order chi connectivity index (χ0) is 14.8. The zero-order valence-corrected chi connectivity index (χ0v) is 13.0. The Balaban J connectivity index is 2.19. The van der Waals surface area contributed by atoms with Crippen molar-refractivity contribution in [2.75, 3.05) is 37.1 Å². The van der Waals surface area contributed by atoms with E-state index in [9.17, 15) is 8.42 Å². The van der Waals surface area contributed by atoms with Crippen LogP contribution in [0.2, 0.25) is 0 Å². The smallest absolute Gasteiger partial charge is 0.182 e. The second-order valence-corrected chi connectivity index (χ2v) is 7.55. The van der Waals surface area contributed by atoms with Crippen molar-refractivity contribution in [1.29, 1.82) is 0 Å².